The quantitative estimate of drug-likeness (QED) is 0.785. The van der Waals surface area contributed by atoms with Crippen molar-refractivity contribution in [1.82, 2.24) is 4.90 Å². The third-order valence-corrected chi connectivity index (χ3v) is 3.40. The molecule has 3 N–H and O–H groups in total. The Morgan fingerprint density at radius 3 is 2.71 bits per heavy atom. The summed E-state index contributed by atoms with van der Waals surface area (Å²) in [7, 11) is 0. The van der Waals surface area contributed by atoms with Gasteiger partial charge < -0.3 is 16.0 Å². The highest BCUT2D eigenvalue weighted by Gasteiger charge is 2.09. The lowest BCUT2D eigenvalue weighted by molar-refractivity contribution is 0.237. The number of hydrogen-bond acceptors (Lipinski definition) is 3. The van der Waals surface area contributed by atoms with Gasteiger partial charge in [-0.25, -0.2) is 0 Å². The number of anilines is 2. The number of nitrogens with two attached hydrogens (primary N) is 1. The van der Waals surface area contributed by atoms with Crippen LogP contribution in [0.2, 0.25) is 0 Å². The van der Waals surface area contributed by atoms with Crippen LogP contribution in [0.4, 0.5) is 11.4 Å². The maximum atomic E-state index is 5.96. The van der Waals surface area contributed by atoms with Crippen molar-refractivity contribution in [1.29, 1.82) is 0 Å². The number of benzene rings is 1. The number of rotatable bonds is 4. The van der Waals surface area contributed by atoms with Crippen molar-refractivity contribution < 1.29 is 0 Å². The third-order valence-electron chi connectivity index (χ3n) is 3.40. The predicted octanol–water partition coefficient (Wildman–Crippen LogP) is 2.48. The van der Waals surface area contributed by atoms with Crippen LogP contribution in [0, 0.1) is 6.92 Å². The van der Waals surface area contributed by atoms with Gasteiger partial charge in [-0.1, -0.05) is 12.5 Å². The minimum absolute atomic E-state index is 0.851. The summed E-state index contributed by atoms with van der Waals surface area (Å²) in [6, 6.07) is 6.18. The Labute approximate surface area is 104 Å². The molecule has 0 aliphatic carbocycles. The van der Waals surface area contributed by atoms with Gasteiger partial charge in [-0.05, 0) is 50.6 Å². The van der Waals surface area contributed by atoms with Crippen LogP contribution in [0.25, 0.3) is 0 Å². The SMILES string of the molecule is Cc1ccc(NCCN2CCCCC2)c(N)c1. The van der Waals surface area contributed by atoms with Gasteiger partial charge in [-0.2, -0.15) is 0 Å². The first-order valence-electron chi connectivity index (χ1n) is 6.58. The van der Waals surface area contributed by atoms with E-state index in [0.29, 0.717) is 0 Å². The first-order chi connectivity index (χ1) is 8.25. The molecular formula is C14H23N3. The molecule has 0 saturated carbocycles. The van der Waals surface area contributed by atoms with E-state index in [1.54, 1.807) is 0 Å². The van der Waals surface area contributed by atoms with Gasteiger partial charge in [0.25, 0.3) is 0 Å². The van der Waals surface area contributed by atoms with Crippen LogP contribution in [0.1, 0.15) is 24.8 Å². The van der Waals surface area contributed by atoms with Crippen molar-refractivity contribution in [3.8, 4) is 0 Å². The predicted molar refractivity (Wildman–Crippen MR) is 74.4 cm³/mol. The molecule has 1 aliphatic heterocycles. The monoisotopic (exact) mass is 233 g/mol. The summed E-state index contributed by atoms with van der Waals surface area (Å²) in [4.78, 5) is 2.53. The van der Waals surface area contributed by atoms with Gasteiger partial charge in [0.1, 0.15) is 0 Å². The van der Waals surface area contributed by atoms with Gasteiger partial charge >= 0.3 is 0 Å². The van der Waals surface area contributed by atoms with Crippen molar-refractivity contribution in [3.05, 3.63) is 23.8 Å². The second-order valence-corrected chi connectivity index (χ2v) is 4.92. The standard InChI is InChI=1S/C14H23N3/c1-12-5-6-14(13(15)11-12)16-7-10-17-8-3-2-4-9-17/h5-6,11,16H,2-4,7-10,15H2,1H3. The van der Waals surface area contributed by atoms with E-state index in [2.05, 4.69) is 29.3 Å². The lowest BCUT2D eigenvalue weighted by Gasteiger charge is -2.26. The molecule has 1 fully saturated rings. The van der Waals surface area contributed by atoms with Crippen LogP contribution < -0.4 is 11.1 Å². The molecule has 0 unspecified atom stereocenters. The molecule has 1 saturated heterocycles. The molecule has 17 heavy (non-hydrogen) atoms. The molecule has 1 aliphatic rings. The zero-order valence-corrected chi connectivity index (χ0v) is 10.7. The number of piperidine rings is 1. The molecule has 0 radical (unpaired) electrons. The zero-order chi connectivity index (χ0) is 12.1. The summed E-state index contributed by atoms with van der Waals surface area (Å²) >= 11 is 0. The zero-order valence-electron chi connectivity index (χ0n) is 10.7. The Morgan fingerprint density at radius 2 is 2.00 bits per heavy atom. The van der Waals surface area contributed by atoms with Crippen LogP contribution >= 0.6 is 0 Å². The van der Waals surface area contributed by atoms with E-state index in [-0.39, 0.29) is 0 Å². The molecule has 2 rings (SSSR count). The fourth-order valence-electron chi connectivity index (χ4n) is 2.37. The molecule has 1 heterocycles. The van der Waals surface area contributed by atoms with Gasteiger partial charge in [0.2, 0.25) is 0 Å². The summed E-state index contributed by atoms with van der Waals surface area (Å²) in [5, 5.41) is 3.42. The summed E-state index contributed by atoms with van der Waals surface area (Å²) in [5.74, 6) is 0. The maximum absolute atomic E-state index is 5.96. The van der Waals surface area contributed by atoms with Crippen LogP contribution in [0.3, 0.4) is 0 Å². The highest BCUT2D eigenvalue weighted by Crippen LogP contribution is 2.19. The highest BCUT2D eigenvalue weighted by molar-refractivity contribution is 5.66. The molecular weight excluding hydrogens is 210 g/mol. The number of nitrogen functional groups attached to an aromatic ring is 1. The Hall–Kier alpha value is -1.22. The number of aryl methyl sites for hydroxylation is 1. The minimum Gasteiger partial charge on any atom is -0.397 e. The molecule has 1 aromatic carbocycles. The molecule has 1 aromatic rings. The van der Waals surface area contributed by atoms with E-state index in [1.807, 2.05) is 6.07 Å². The normalized spacial score (nSPS) is 17.0. The second kappa shape index (κ2) is 5.92. The number of nitrogens with one attached hydrogen (secondary N) is 1. The van der Waals surface area contributed by atoms with E-state index in [1.165, 1.54) is 37.9 Å². The number of nitrogens with zero attached hydrogens (tertiary/aromatic N) is 1. The van der Waals surface area contributed by atoms with E-state index in [4.69, 9.17) is 5.73 Å². The lowest BCUT2D eigenvalue weighted by Crippen LogP contribution is -2.33. The molecule has 0 atom stereocenters. The van der Waals surface area contributed by atoms with E-state index < -0.39 is 0 Å². The summed E-state index contributed by atoms with van der Waals surface area (Å²) in [6.45, 7) is 6.67. The Kier molecular flexibility index (Phi) is 4.26. The van der Waals surface area contributed by atoms with Crippen LogP contribution in [-0.2, 0) is 0 Å². The van der Waals surface area contributed by atoms with Crippen molar-refractivity contribution in [2.45, 2.75) is 26.2 Å². The van der Waals surface area contributed by atoms with Gasteiger partial charge in [0, 0.05) is 13.1 Å². The molecule has 3 nitrogen and oxygen atoms in total. The number of likely N-dealkylation sites (tertiary alicyclic amines) is 1. The first-order valence-corrected chi connectivity index (χ1v) is 6.58. The second-order valence-electron chi connectivity index (χ2n) is 4.92. The van der Waals surface area contributed by atoms with Crippen molar-refractivity contribution in [3.63, 3.8) is 0 Å². The molecule has 0 amide bonds. The van der Waals surface area contributed by atoms with E-state index in [0.717, 1.165) is 24.5 Å². The lowest BCUT2D eigenvalue weighted by atomic mass is 10.1. The summed E-state index contributed by atoms with van der Waals surface area (Å²) in [6.07, 6.45) is 4.11. The van der Waals surface area contributed by atoms with Crippen molar-refractivity contribution >= 4 is 11.4 Å². The fourth-order valence-corrected chi connectivity index (χ4v) is 2.37. The Balaban J connectivity index is 1.77. The largest absolute Gasteiger partial charge is 0.397 e. The average Bonchev–Trinajstić information content (AvgIpc) is 2.33. The van der Waals surface area contributed by atoms with Crippen LogP contribution in [0.15, 0.2) is 18.2 Å². The van der Waals surface area contributed by atoms with Gasteiger partial charge in [-0.3, -0.25) is 0 Å². The van der Waals surface area contributed by atoms with Gasteiger partial charge in [0.15, 0.2) is 0 Å². The summed E-state index contributed by atoms with van der Waals surface area (Å²) in [5.41, 5.74) is 9.09. The molecule has 0 spiro atoms. The smallest absolute Gasteiger partial charge is 0.0574 e. The molecule has 94 valence electrons. The summed E-state index contributed by atoms with van der Waals surface area (Å²) < 4.78 is 0. The topological polar surface area (TPSA) is 41.3 Å². The van der Waals surface area contributed by atoms with Crippen LogP contribution in [-0.4, -0.2) is 31.1 Å². The Bertz CT molecular complexity index is 356. The molecule has 3 heteroatoms. The molecule has 0 bridgehead atoms. The number of hydrogen-bond donors (Lipinski definition) is 2. The van der Waals surface area contributed by atoms with Gasteiger partial charge in [-0.15, -0.1) is 0 Å². The van der Waals surface area contributed by atoms with Gasteiger partial charge in [0.05, 0.1) is 11.4 Å². The average molecular weight is 233 g/mol. The maximum Gasteiger partial charge on any atom is 0.0574 e. The Morgan fingerprint density at radius 1 is 1.24 bits per heavy atom. The van der Waals surface area contributed by atoms with Crippen molar-refractivity contribution in [2.24, 2.45) is 0 Å². The van der Waals surface area contributed by atoms with E-state index >= 15 is 0 Å². The first kappa shape index (κ1) is 12.2. The molecule has 0 aromatic heterocycles. The third kappa shape index (κ3) is 3.63. The van der Waals surface area contributed by atoms with Crippen molar-refractivity contribution in [2.75, 3.05) is 37.2 Å². The fraction of sp³-hybridized carbons (Fsp3) is 0.571. The van der Waals surface area contributed by atoms with Crippen LogP contribution in [0.5, 0.6) is 0 Å². The highest BCUT2D eigenvalue weighted by atomic mass is 15.1. The van der Waals surface area contributed by atoms with E-state index in [9.17, 15) is 0 Å². The minimum atomic E-state index is 0.851.